The Hall–Kier alpha value is -2.62. The Morgan fingerprint density at radius 2 is 1.72 bits per heavy atom. The smallest absolute Gasteiger partial charge is 0.279 e. The summed E-state index contributed by atoms with van der Waals surface area (Å²) in [5.74, 6) is 1.25. The molecule has 0 aliphatic carbocycles. The van der Waals surface area contributed by atoms with E-state index in [0.29, 0.717) is 23.7 Å². The molecule has 1 unspecified atom stereocenters. The van der Waals surface area contributed by atoms with Crippen molar-refractivity contribution >= 4 is 21.6 Å². The summed E-state index contributed by atoms with van der Waals surface area (Å²) in [4.78, 5) is 13.5. The highest BCUT2D eigenvalue weighted by Crippen LogP contribution is 2.23. The minimum atomic E-state index is -3.49. The molecule has 158 valence electrons. The van der Waals surface area contributed by atoms with Crippen LogP contribution in [0.4, 0.5) is 5.69 Å². The van der Waals surface area contributed by atoms with E-state index in [2.05, 4.69) is 5.32 Å². The molecule has 9 heteroatoms. The molecule has 0 spiro atoms. The van der Waals surface area contributed by atoms with E-state index in [4.69, 9.17) is 9.47 Å². The van der Waals surface area contributed by atoms with Gasteiger partial charge in [-0.05, 0) is 36.4 Å². The van der Waals surface area contributed by atoms with Crippen LogP contribution in [0.2, 0.25) is 0 Å². The molecule has 1 atom stereocenters. The van der Waals surface area contributed by atoms with Crippen LogP contribution in [0.3, 0.4) is 0 Å². The lowest BCUT2D eigenvalue weighted by molar-refractivity contribution is -0.885. The molecule has 2 aromatic carbocycles. The van der Waals surface area contributed by atoms with Crippen molar-refractivity contribution in [2.75, 3.05) is 47.2 Å². The van der Waals surface area contributed by atoms with E-state index >= 15 is 0 Å². The number of rotatable bonds is 9. The van der Waals surface area contributed by atoms with Gasteiger partial charge in [-0.1, -0.05) is 0 Å². The molecule has 2 aromatic rings. The zero-order valence-electron chi connectivity index (χ0n) is 17.4. The molecule has 2 rings (SSSR count). The van der Waals surface area contributed by atoms with Gasteiger partial charge in [-0.25, -0.2) is 12.7 Å². The number of ether oxygens (including phenoxy) is 2. The van der Waals surface area contributed by atoms with Gasteiger partial charge in [0.2, 0.25) is 10.0 Å². The molecule has 0 aliphatic rings. The van der Waals surface area contributed by atoms with Crippen molar-refractivity contribution in [1.82, 2.24) is 4.31 Å². The first-order valence-corrected chi connectivity index (χ1v) is 10.5. The number of anilines is 1. The molecule has 1 amide bonds. The van der Waals surface area contributed by atoms with Crippen LogP contribution in [-0.4, -0.2) is 60.5 Å². The first-order chi connectivity index (χ1) is 13.7. The third kappa shape index (κ3) is 5.93. The van der Waals surface area contributed by atoms with Crippen LogP contribution < -0.4 is 19.7 Å². The number of benzene rings is 2. The first-order valence-electron chi connectivity index (χ1n) is 9.02. The molecule has 29 heavy (non-hydrogen) atoms. The van der Waals surface area contributed by atoms with E-state index in [0.717, 1.165) is 14.8 Å². The lowest BCUT2D eigenvalue weighted by Crippen LogP contribution is -3.08. The second kappa shape index (κ2) is 9.73. The average Bonchev–Trinajstić information content (AvgIpc) is 2.68. The monoisotopic (exact) mass is 422 g/mol. The number of carbonyl (C=O) groups excluding carboxylic acids is 1. The van der Waals surface area contributed by atoms with Gasteiger partial charge in [-0.2, -0.15) is 0 Å². The van der Waals surface area contributed by atoms with Crippen molar-refractivity contribution < 1.29 is 27.6 Å². The highest BCUT2D eigenvalue weighted by Gasteiger charge is 2.18. The van der Waals surface area contributed by atoms with Gasteiger partial charge in [-0.3, -0.25) is 4.79 Å². The van der Waals surface area contributed by atoms with Crippen LogP contribution >= 0.6 is 0 Å². The van der Waals surface area contributed by atoms with Crippen molar-refractivity contribution in [3.8, 4) is 11.5 Å². The van der Waals surface area contributed by atoms with Crippen LogP contribution in [0.5, 0.6) is 11.5 Å². The number of hydrogen-bond donors (Lipinski definition) is 2. The van der Waals surface area contributed by atoms with Crippen molar-refractivity contribution in [2.24, 2.45) is 0 Å². The lowest BCUT2D eigenvalue weighted by atomic mass is 10.2. The second-order valence-corrected chi connectivity index (χ2v) is 9.00. The average molecular weight is 423 g/mol. The topological polar surface area (TPSA) is 89.4 Å². The Kier molecular flexibility index (Phi) is 7.60. The van der Waals surface area contributed by atoms with Gasteiger partial charge < -0.3 is 19.7 Å². The van der Waals surface area contributed by atoms with E-state index in [1.54, 1.807) is 26.4 Å². The number of hydrogen-bond acceptors (Lipinski definition) is 5. The Morgan fingerprint density at radius 3 is 2.28 bits per heavy atom. The third-order valence-corrected chi connectivity index (χ3v) is 6.19. The molecule has 0 heterocycles. The summed E-state index contributed by atoms with van der Waals surface area (Å²) < 4.78 is 35.9. The number of nitrogens with one attached hydrogen (secondary N) is 2. The number of sulfonamides is 1. The molecule has 8 nitrogen and oxygen atoms in total. The normalized spacial score (nSPS) is 12.5. The maximum Gasteiger partial charge on any atom is 0.279 e. The van der Waals surface area contributed by atoms with E-state index in [1.807, 2.05) is 25.2 Å². The fourth-order valence-electron chi connectivity index (χ4n) is 2.79. The SMILES string of the molecule is COc1ccc(C[NH+](C)CC(=O)Nc2ccc(S(=O)(=O)N(C)C)cc2)c(OC)c1. The van der Waals surface area contributed by atoms with Crippen LogP contribution in [-0.2, 0) is 21.4 Å². The number of amides is 1. The number of quaternary nitrogens is 1. The summed E-state index contributed by atoms with van der Waals surface area (Å²) in [6, 6.07) is 11.7. The van der Waals surface area contributed by atoms with Crippen molar-refractivity contribution in [3.05, 3.63) is 48.0 Å². The second-order valence-electron chi connectivity index (χ2n) is 6.85. The molecule has 0 saturated carbocycles. The van der Waals surface area contributed by atoms with Crippen LogP contribution in [0.1, 0.15) is 5.56 Å². The highest BCUT2D eigenvalue weighted by molar-refractivity contribution is 7.89. The molecule has 0 aliphatic heterocycles. The Morgan fingerprint density at radius 1 is 1.07 bits per heavy atom. The van der Waals surface area contributed by atoms with Crippen LogP contribution in [0.25, 0.3) is 0 Å². The summed E-state index contributed by atoms with van der Waals surface area (Å²) in [6.07, 6.45) is 0. The minimum absolute atomic E-state index is 0.168. The van der Waals surface area contributed by atoms with E-state index in [-0.39, 0.29) is 17.3 Å². The standard InChI is InChI=1S/C20H27N3O5S/c1-22(2)29(25,26)18-10-7-16(8-11-18)21-20(24)14-23(3)13-15-6-9-17(27-4)12-19(15)28-5/h6-12H,13-14H2,1-5H3,(H,21,24)/p+1. The van der Waals surface area contributed by atoms with Gasteiger partial charge in [0.1, 0.15) is 18.0 Å². The molecule has 0 aromatic heterocycles. The van der Waals surface area contributed by atoms with Gasteiger partial charge in [0.25, 0.3) is 5.91 Å². The third-order valence-electron chi connectivity index (χ3n) is 4.37. The Bertz CT molecular complexity index is 943. The summed E-state index contributed by atoms with van der Waals surface area (Å²) >= 11 is 0. The van der Waals surface area contributed by atoms with Crippen molar-refractivity contribution in [1.29, 1.82) is 0 Å². The molecule has 0 fully saturated rings. The van der Waals surface area contributed by atoms with Gasteiger partial charge in [-0.15, -0.1) is 0 Å². The molecular weight excluding hydrogens is 394 g/mol. The quantitative estimate of drug-likeness (QED) is 0.618. The molecule has 0 radical (unpaired) electrons. The molecule has 2 N–H and O–H groups in total. The Balaban J connectivity index is 1.97. The predicted molar refractivity (Wildman–Crippen MR) is 111 cm³/mol. The fourth-order valence-corrected chi connectivity index (χ4v) is 3.69. The predicted octanol–water partition coefficient (Wildman–Crippen LogP) is 0.608. The lowest BCUT2D eigenvalue weighted by Gasteiger charge is -2.16. The summed E-state index contributed by atoms with van der Waals surface area (Å²) in [7, 11) is 4.56. The molecular formula is C20H28N3O5S+. The fraction of sp³-hybridized carbons (Fsp3) is 0.350. The number of nitrogens with zero attached hydrogens (tertiary/aromatic N) is 1. The maximum atomic E-state index is 12.3. The first kappa shape index (κ1) is 22.7. The summed E-state index contributed by atoms with van der Waals surface area (Å²) in [5, 5.41) is 2.79. The number of carbonyl (C=O) groups is 1. The van der Waals surface area contributed by atoms with E-state index in [1.165, 1.54) is 26.2 Å². The zero-order chi connectivity index (χ0) is 21.6. The summed E-state index contributed by atoms with van der Waals surface area (Å²) in [6.45, 7) is 0.841. The van der Waals surface area contributed by atoms with Crippen LogP contribution in [0.15, 0.2) is 47.4 Å². The maximum absolute atomic E-state index is 12.3. The number of methoxy groups -OCH3 is 2. The molecule has 0 saturated heterocycles. The van der Waals surface area contributed by atoms with Gasteiger partial charge >= 0.3 is 0 Å². The highest BCUT2D eigenvalue weighted by atomic mass is 32.2. The van der Waals surface area contributed by atoms with E-state index < -0.39 is 10.0 Å². The van der Waals surface area contributed by atoms with Gasteiger partial charge in [0.15, 0.2) is 6.54 Å². The van der Waals surface area contributed by atoms with Gasteiger partial charge in [0, 0.05) is 31.4 Å². The van der Waals surface area contributed by atoms with Crippen LogP contribution in [0, 0.1) is 0 Å². The zero-order valence-corrected chi connectivity index (χ0v) is 18.2. The minimum Gasteiger partial charge on any atom is -0.497 e. The van der Waals surface area contributed by atoms with Crippen molar-refractivity contribution in [2.45, 2.75) is 11.4 Å². The summed E-state index contributed by atoms with van der Waals surface area (Å²) in [5.41, 5.74) is 1.51. The number of likely N-dealkylation sites (N-methyl/N-ethyl adjacent to an activating group) is 1. The van der Waals surface area contributed by atoms with Gasteiger partial charge in [0.05, 0.1) is 26.2 Å². The molecule has 0 bridgehead atoms. The van der Waals surface area contributed by atoms with E-state index in [9.17, 15) is 13.2 Å². The Labute approximate surface area is 172 Å². The van der Waals surface area contributed by atoms with Crippen molar-refractivity contribution in [3.63, 3.8) is 0 Å². The largest absolute Gasteiger partial charge is 0.497 e.